The summed E-state index contributed by atoms with van der Waals surface area (Å²) in [5.41, 5.74) is 6.69. The van der Waals surface area contributed by atoms with E-state index in [0.29, 0.717) is 5.56 Å². The van der Waals surface area contributed by atoms with E-state index in [4.69, 9.17) is 0 Å². The normalized spacial score (nSPS) is 17.6. The van der Waals surface area contributed by atoms with Gasteiger partial charge in [0.05, 0.1) is 5.56 Å². The molecule has 2 aliphatic rings. The number of likely N-dealkylation sites (tertiary alicyclic amines) is 1. The lowest BCUT2D eigenvalue weighted by Gasteiger charge is -2.27. The lowest BCUT2D eigenvalue weighted by molar-refractivity contribution is 0.0697. The van der Waals surface area contributed by atoms with E-state index < -0.39 is 5.97 Å². The third-order valence-corrected chi connectivity index (χ3v) is 6.23. The van der Waals surface area contributed by atoms with Gasteiger partial charge in [-0.1, -0.05) is 29.8 Å². The zero-order valence-corrected chi connectivity index (χ0v) is 15.1. The number of fused-ring (bicyclic) bond motifs is 2. The number of piperidine rings is 1. The molecular weight excluding hydrogens is 330 g/mol. The quantitative estimate of drug-likeness (QED) is 0.820. The summed E-state index contributed by atoms with van der Waals surface area (Å²) in [6, 6.07) is 14.1. The number of benzene rings is 2. The van der Waals surface area contributed by atoms with Crippen molar-refractivity contribution in [2.75, 3.05) is 20.1 Å². The highest BCUT2D eigenvalue weighted by Crippen LogP contribution is 2.43. The Balaban J connectivity index is 1.95. The molecule has 2 aromatic carbocycles. The summed E-state index contributed by atoms with van der Waals surface area (Å²) in [6.07, 6.45) is 2.09. The van der Waals surface area contributed by atoms with Crippen molar-refractivity contribution in [3.63, 3.8) is 0 Å². The molecule has 2 heterocycles. The first-order valence-corrected chi connectivity index (χ1v) is 9.61. The van der Waals surface area contributed by atoms with Crippen LogP contribution in [0.1, 0.15) is 39.9 Å². The molecule has 4 heteroatoms. The molecule has 3 nitrogen and oxygen atoms in total. The van der Waals surface area contributed by atoms with Crippen LogP contribution in [0.15, 0.2) is 52.9 Å². The van der Waals surface area contributed by atoms with Crippen molar-refractivity contribution in [2.45, 2.75) is 23.5 Å². The van der Waals surface area contributed by atoms with Gasteiger partial charge < -0.3 is 10.0 Å². The van der Waals surface area contributed by atoms with E-state index in [-0.39, 0.29) is 0 Å². The van der Waals surface area contributed by atoms with E-state index in [2.05, 4.69) is 36.2 Å². The zero-order valence-electron chi connectivity index (χ0n) is 14.3. The summed E-state index contributed by atoms with van der Waals surface area (Å²) in [7, 11) is 2.16. The number of aromatic carboxylic acids is 1. The fourth-order valence-corrected chi connectivity index (χ4v) is 4.75. The van der Waals surface area contributed by atoms with Crippen LogP contribution >= 0.6 is 11.8 Å². The van der Waals surface area contributed by atoms with E-state index >= 15 is 0 Å². The van der Waals surface area contributed by atoms with Crippen LogP contribution in [0.5, 0.6) is 0 Å². The molecule has 0 amide bonds. The SMILES string of the molecule is CN1CCC(=C2c3cc(C(=O)O)ccc3CSc3ccccc32)CC1. The Morgan fingerprint density at radius 3 is 2.60 bits per heavy atom. The maximum absolute atomic E-state index is 11.5. The number of hydrogen-bond acceptors (Lipinski definition) is 3. The first-order chi connectivity index (χ1) is 12.1. The van der Waals surface area contributed by atoms with Crippen molar-refractivity contribution in [2.24, 2.45) is 0 Å². The number of thioether (sulfide) groups is 1. The molecule has 0 unspecified atom stereocenters. The third-order valence-electron chi connectivity index (χ3n) is 5.11. The molecule has 0 aromatic heterocycles. The molecule has 128 valence electrons. The molecule has 1 N–H and O–H groups in total. The zero-order chi connectivity index (χ0) is 17.4. The highest BCUT2D eigenvalue weighted by molar-refractivity contribution is 7.98. The van der Waals surface area contributed by atoms with Crippen LogP contribution in [0.3, 0.4) is 0 Å². The Hall–Kier alpha value is -2.04. The van der Waals surface area contributed by atoms with Crippen LogP contribution in [0, 0.1) is 0 Å². The molecule has 2 aliphatic heterocycles. The van der Waals surface area contributed by atoms with Gasteiger partial charge in [0.1, 0.15) is 0 Å². The van der Waals surface area contributed by atoms with Gasteiger partial charge in [0, 0.05) is 23.7 Å². The van der Waals surface area contributed by atoms with Crippen molar-refractivity contribution in [1.29, 1.82) is 0 Å². The van der Waals surface area contributed by atoms with Gasteiger partial charge in [-0.2, -0.15) is 0 Å². The van der Waals surface area contributed by atoms with Crippen molar-refractivity contribution in [3.8, 4) is 0 Å². The molecule has 0 spiro atoms. The second kappa shape index (κ2) is 6.70. The highest BCUT2D eigenvalue weighted by atomic mass is 32.2. The lowest BCUT2D eigenvalue weighted by atomic mass is 9.86. The number of rotatable bonds is 1. The smallest absolute Gasteiger partial charge is 0.335 e. The summed E-state index contributed by atoms with van der Waals surface area (Å²) in [4.78, 5) is 15.2. The third kappa shape index (κ3) is 3.12. The number of carboxylic acid groups (broad SMARTS) is 1. The first-order valence-electron chi connectivity index (χ1n) is 8.63. The van der Waals surface area contributed by atoms with Crippen LogP contribution < -0.4 is 0 Å². The minimum Gasteiger partial charge on any atom is -0.478 e. The largest absolute Gasteiger partial charge is 0.478 e. The number of nitrogens with zero attached hydrogens (tertiary/aromatic N) is 1. The summed E-state index contributed by atoms with van der Waals surface area (Å²) >= 11 is 1.84. The second-order valence-electron chi connectivity index (χ2n) is 6.74. The average Bonchev–Trinajstić information content (AvgIpc) is 2.79. The molecule has 25 heavy (non-hydrogen) atoms. The van der Waals surface area contributed by atoms with Crippen molar-refractivity contribution >= 4 is 23.3 Å². The van der Waals surface area contributed by atoms with E-state index in [9.17, 15) is 9.90 Å². The van der Waals surface area contributed by atoms with E-state index in [1.807, 2.05) is 23.9 Å². The molecule has 0 atom stereocenters. The molecule has 0 bridgehead atoms. The maximum Gasteiger partial charge on any atom is 0.335 e. The molecule has 1 saturated heterocycles. The van der Waals surface area contributed by atoms with E-state index in [1.165, 1.54) is 27.2 Å². The summed E-state index contributed by atoms with van der Waals surface area (Å²) in [5.74, 6) is 0.0175. The van der Waals surface area contributed by atoms with Gasteiger partial charge >= 0.3 is 5.97 Å². The number of carboxylic acids is 1. The molecule has 0 radical (unpaired) electrons. The monoisotopic (exact) mass is 351 g/mol. The molecule has 0 saturated carbocycles. The molecule has 1 fully saturated rings. The first kappa shape index (κ1) is 16.4. The van der Waals surface area contributed by atoms with Gasteiger partial charge in [0.2, 0.25) is 0 Å². The van der Waals surface area contributed by atoms with Gasteiger partial charge in [0.25, 0.3) is 0 Å². The summed E-state index contributed by atoms with van der Waals surface area (Å²) < 4.78 is 0. The van der Waals surface area contributed by atoms with Crippen molar-refractivity contribution < 1.29 is 9.90 Å². The summed E-state index contributed by atoms with van der Waals surface area (Å²) in [6.45, 7) is 2.12. The predicted octanol–water partition coefficient (Wildman–Crippen LogP) is 4.52. The predicted molar refractivity (Wildman–Crippen MR) is 102 cm³/mol. The van der Waals surface area contributed by atoms with Gasteiger partial charge in [-0.15, -0.1) is 11.8 Å². The van der Waals surface area contributed by atoms with Crippen molar-refractivity contribution in [1.82, 2.24) is 4.90 Å². The number of carbonyl (C=O) groups is 1. The Labute approximate surface area is 152 Å². The Kier molecular flexibility index (Phi) is 4.40. The minimum absolute atomic E-state index is 0.370. The van der Waals surface area contributed by atoms with Crippen LogP contribution in [-0.2, 0) is 5.75 Å². The van der Waals surface area contributed by atoms with Crippen LogP contribution in [0.25, 0.3) is 5.57 Å². The van der Waals surface area contributed by atoms with Crippen LogP contribution in [-0.4, -0.2) is 36.1 Å². The lowest BCUT2D eigenvalue weighted by Crippen LogP contribution is -2.27. The van der Waals surface area contributed by atoms with Gasteiger partial charge in [-0.05, 0) is 60.4 Å². The summed E-state index contributed by atoms with van der Waals surface area (Å²) in [5, 5.41) is 9.46. The van der Waals surface area contributed by atoms with Crippen LogP contribution in [0.4, 0.5) is 0 Å². The van der Waals surface area contributed by atoms with E-state index in [0.717, 1.165) is 37.2 Å². The Morgan fingerprint density at radius 1 is 1.08 bits per heavy atom. The Bertz CT molecular complexity index is 862. The van der Waals surface area contributed by atoms with Gasteiger partial charge in [-0.3, -0.25) is 0 Å². The Morgan fingerprint density at radius 2 is 1.84 bits per heavy atom. The maximum atomic E-state index is 11.5. The molecule has 2 aromatic rings. The van der Waals surface area contributed by atoms with Crippen LogP contribution in [0.2, 0.25) is 0 Å². The van der Waals surface area contributed by atoms with Gasteiger partial charge in [-0.25, -0.2) is 4.79 Å². The minimum atomic E-state index is -0.860. The fraction of sp³-hybridized carbons (Fsp3) is 0.286. The second-order valence-corrected chi connectivity index (χ2v) is 7.76. The fourth-order valence-electron chi connectivity index (χ4n) is 3.69. The molecule has 4 rings (SSSR count). The van der Waals surface area contributed by atoms with Gasteiger partial charge in [0.15, 0.2) is 0 Å². The topological polar surface area (TPSA) is 40.5 Å². The average molecular weight is 351 g/mol. The molecular formula is C21H21NO2S. The van der Waals surface area contributed by atoms with E-state index in [1.54, 1.807) is 6.07 Å². The van der Waals surface area contributed by atoms with Crippen molar-refractivity contribution in [3.05, 3.63) is 70.3 Å². The standard InChI is InChI=1S/C21H21NO2S/c1-22-10-8-14(9-11-22)20-17-4-2-3-5-19(17)25-13-16-7-6-15(21(23)24)12-18(16)20/h2-7,12H,8-11,13H2,1H3,(H,23,24). The highest BCUT2D eigenvalue weighted by Gasteiger charge is 2.24. The number of hydrogen-bond donors (Lipinski definition) is 1. The molecule has 0 aliphatic carbocycles.